The van der Waals surface area contributed by atoms with Crippen molar-refractivity contribution >= 4 is 33.2 Å². The molecule has 2 aliphatic heterocycles. The molecule has 1 saturated heterocycles. The summed E-state index contributed by atoms with van der Waals surface area (Å²) in [7, 11) is -2.63. The summed E-state index contributed by atoms with van der Waals surface area (Å²) in [6, 6.07) is 5.76. The number of amides is 1. The molecule has 4 rings (SSSR count). The maximum atomic E-state index is 14.1. The molecule has 1 fully saturated rings. The van der Waals surface area contributed by atoms with Gasteiger partial charge in [-0.15, -0.1) is 11.3 Å². The summed E-state index contributed by atoms with van der Waals surface area (Å²) >= 11 is 1.01. The maximum absolute atomic E-state index is 14.1. The van der Waals surface area contributed by atoms with Gasteiger partial charge in [-0.2, -0.15) is 4.31 Å². The van der Waals surface area contributed by atoms with Crippen LogP contribution in [0.4, 0.5) is 4.39 Å². The predicted octanol–water partition coefficient (Wildman–Crippen LogP) is 3.05. The molecule has 0 saturated carbocycles. The normalized spacial score (nSPS) is 17.3. The van der Waals surface area contributed by atoms with Crippen LogP contribution in [0.25, 0.3) is 0 Å². The van der Waals surface area contributed by atoms with Gasteiger partial charge in [0.1, 0.15) is 10.0 Å². The zero-order valence-corrected chi connectivity index (χ0v) is 18.7. The molecule has 0 spiro atoms. The number of hydrogen-bond acceptors (Lipinski definition) is 6. The molecule has 2 aliphatic rings. The fourth-order valence-electron chi connectivity index (χ4n) is 4.07. The van der Waals surface area contributed by atoms with Gasteiger partial charge in [-0.3, -0.25) is 4.79 Å². The Bertz CT molecular complexity index is 1120. The summed E-state index contributed by atoms with van der Waals surface area (Å²) in [5.41, 5.74) is 0.646. The van der Waals surface area contributed by atoms with E-state index in [1.165, 1.54) is 34.5 Å². The molecular weight excluding hydrogens is 443 g/mol. The number of fused-ring (bicyclic) bond motifs is 1. The first-order chi connectivity index (χ1) is 14.8. The minimum Gasteiger partial charge on any atom is -0.465 e. The maximum Gasteiger partial charge on any atom is 0.340 e. The van der Waals surface area contributed by atoms with Crippen molar-refractivity contribution in [2.24, 2.45) is 0 Å². The molecule has 0 aliphatic carbocycles. The number of halogens is 1. The first-order valence-electron chi connectivity index (χ1n) is 10.1. The van der Waals surface area contributed by atoms with E-state index in [2.05, 4.69) is 0 Å². The van der Waals surface area contributed by atoms with Gasteiger partial charge in [0.05, 0.1) is 24.8 Å². The molecule has 0 atom stereocenters. The summed E-state index contributed by atoms with van der Waals surface area (Å²) < 4.78 is 47.0. The number of carbonyl (C=O) groups is 2. The van der Waals surface area contributed by atoms with Crippen molar-refractivity contribution in [2.45, 2.75) is 36.4 Å². The van der Waals surface area contributed by atoms with Crippen molar-refractivity contribution in [3.63, 3.8) is 0 Å². The van der Waals surface area contributed by atoms with Crippen molar-refractivity contribution in [3.8, 4) is 0 Å². The number of carbonyl (C=O) groups excluding carboxylic acids is 2. The zero-order valence-electron chi connectivity index (χ0n) is 17.1. The first-order valence-corrected chi connectivity index (χ1v) is 12.4. The predicted molar refractivity (Wildman–Crippen MR) is 113 cm³/mol. The molecule has 3 heterocycles. The third-order valence-electron chi connectivity index (χ3n) is 5.69. The summed E-state index contributed by atoms with van der Waals surface area (Å²) in [5.74, 6) is -1.76. The van der Waals surface area contributed by atoms with Crippen LogP contribution in [-0.2, 0) is 27.7 Å². The monoisotopic (exact) mass is 466 g/mol. The fourth-order valence-corrected chi connectivity index (χ4v) is 7.63. The minimum atomic E-state index is -3.85. The number of esters is 1. The Morgan fingerprint density at radius 1 is 1.10 bits per heavy atom. The van der Waals surface area contributed by atoms with E-state index in [4.69, 9.17) is 4.74 Å². The third kappa shape index (κ3) is 3.99. The highest BCUT2D eigenvalue weighted by Crippen LogP contribution is 2.39. The quantitative estimate of drug-likeness (QED) is 0.647. The van der Waals surface area contributed by atoms with E-state index < -0.39 is 27.7 Å². The average Bonchev–Trinajstić information content (AvgIpc) is 3.18. The van der Waals surface area contributed by atoms with Gasteiger partial charge in [-0.05, 0) is 37.0 Å². The number of thiophene rings is 1. The van der Waals surface area contributed by atoms with Gasteiger partial charge < -0.3 is 9.64 Å². The van der Waals surface area contributed by atoms with Gasteiger partial charge in [0.25, 0.3) is 15.9 Å². The van der Waals surface area contributed by atoms with Gasteiger partial charge in [0, 0.05) is 24.5 Å². The molecule has 0 radical (unpaired) electrons. The Kier molecular flexibility index (Phi) is 6.14. The van der Waals surface area contributed by atoms with Crippen molar-refractivity contribution < 1.29 is 27.1 Å². The van der Waals surface area contributed by atoms with Crippen LogP contribution in [0.5, 0.6) is 0 Å². The largest absolute Gasteiger partial charge is 0.465 e. The molecule has 1 amide bonds. The van der Waals surface area contributed by atoms with Crippen LogP contribution >= 0.6 is 11.3 Å². The number of benzene rings is 1. The lowest BCUT2D eigenvalue weighted by Crippen LogP contribution is -2.36. The Balaban J connectivity index is 1.71. The van der Waals surface area contributed by atoms with Crippen LogP contribution in [0.1, 0.15) is 50.4 Å². The lowest BCUT2D eigenvalue weighted by Gasteiger charge is -2.27. The number of nitrogens with zero attached hydrogens (tertiary/aromatic N) is 2. The van der Waals surface area contributed by atoms with Gasteiger partial charge >= 0.3 is 5.97 Å². The molecule has 0 N–H and O–H groups in total. The Morgan fingerprint density at radius 2 is 1.81 bits per heavy atom. The second-order valence-corrected chi connectivity index (χ2v) is 10.8. The molecule has 10 heteroatoms. The third-order valence-corrected chi connectivity index (χ3v) is 9.31. The first kappa shape index (κ1) is 21.9. The second kappa shape index (κ2) is 8.68. The molecule has 0 unspecified atom stereocenters. The Labute approximate surface area is 184 Å². The molecule has 1 aromatic heterocycles. The highest BCUT2D eigenvalue weighted by molar-refractivity contribution is 7.91. The van der Waals surface area contributed by atoms with Crippen LogP contribution in [0, 0.1) is 5.82 Å². The van der Waals surface area contributed by atoms with Gasteiger partial charge in [0.15, 0.2) is 0 Å². The van der Waals surface area contributed by atoms with Crippen molar-refractivity contribution in [1.29, 1.82) is 0 Å². The molecule has 7 nitrogen and oxygen atoms in total. The van der Waals surface area contributed by atoms with E-state index in [1.54, 1.807) is 6.07 Å². The van der Waals surface area contributed by atoms with Crippen LogP contribution in [0.2, 0.25) is 0 Å². The minimum absolute atomic E-state index is 0.0218. The Morgan fingerprint density at radius 3 is 2.48 bits per heavy atom. The molecule has 0 bridgehead atoms. The summed E-state index contributed by atoms with van der Waals surface area (Å²) in [6.45, 7) is 1.21. The number of piperidine rings is 1. The van der Waals surface area contributed by atoms with Crippen molar-refractivity contribution in [1.82, 2.24) is 9.21 Å². The number of rotatable bonds is 4. The number of sulfonamides is 1. The topological polar surface area (TPSA) is 84.0 Å². The van der Waals surface area contributed by atoms with E-state index in [1.807, 2.05) is 0 Å². The molecule has 1 aromatic carbocycles. The van der Waals surface area contributed by atoms with E-state index in [9.17, 15) is 22.4 Å². The average molecular weight is 467 g/mol. The summed E-state index contributed by atoms with van der Waals surface area (Å²) in [6.07, 6.45) is 2.83. The number of ether oxygens (including phenoxy) is 1. The smallest absolute Gasteiger partial charge is 0.340 e. The highest BCUT2D eigenvalue weighted by atomic mass is 32.2. The van der Waals surface area contributed by atoms with Crippen molar-refractivity contribution in [2.75, 3.05) is 26.7 Å². The zero-order chi connectivity index (χ0) is 22.2. The van der Waals surface area contributed by atoms with Crippen LogP contribution in [-0.4, -0.2) is 56.2 Å². The number of methoxy groups -OCH3 is 1. The molecular formula is C21H23FN2O5S2. The molecule has 2 aromatic rings. The Hall–Kier alpha value is -2.30. The van der Waals surface area contributed by atoms with Gasteiger partial charge in [-0.1, -0.05) is 18.6 Å². The number of hydrogen-bond donors (Lipinski definition) is 0. The standard InChI is InChI=1S/C21H23FN2O5S2/c1-29-20(26)18-15-9-12-23(19(25)14-7-3-4-8-16(14)22)13-17(15)30-21(18)31(27,28)24-10-5-2-6-11-24/h3-4,7-8H,2,5-6,9-13H2,1H3. The summed E-state index contributed by atoms with van der Waals surface area (Å²) in [4.78, 5) is 27.5. The van der Waals surface area contributed by atoms with E-state index in [0.29, 0.717) is 30.0 Å². The lowest BCUT2D eigenvalue weighted by molar-refractivity contribution is 0.0595. The van der Waals surface area contributed by atoms with Crippen LogP contribution in [0.15, 0.2) is 28.5 Å². The molecule has 31 heavy (non-hydrogen) atoms. The SMILES string of the molecule is COC(=O)c1c(S(=O)(=O)N2CCCCC2)sc2c1CCN(C(=O)c1ccccc1F)C2. The van der Waals surface area contributed by atoms with Crippen LogP contribution < -0.4 is 0 Å². The second-order valence-electron chi connectivity index (χ2n) is 7.58. The van der Waals surface area contributed by atoms with Crippen LogP contribution in [0.3, 0.4) is 0 Å². The van der Waals surface area contributed by atoms with E-state index >= 15 is 0 Å². The van der Waals surface area contributed by atoms with Gasteiger partial charge in [-0.25, -0.2) is 17.6 Å². The summed E-state index contributed by atoms with van der Waals surface area (Å²) in [5, 5.41) is 0. The van der Waals surface area contributed by atoms with E-state index in [-0.39, 0.29) is 28.4 Å². The highest BCUT2D eigenvalue weighted by Gasteiger charge is 2.38. The lowest BCUT2D eigenvalue weighted by atomic mass is 10.0. The van der Waals surface area contributed by atoms with E-state index in [0.717, 1.165) is 30.6 Å². The fraction of sp³-hybridized carbons (Fsp3) is 0.429. The van der Waals surface area contributed by atoms with Gasteiger partial charge in [0.2, 0.25) is 0 Å². The van der Waals surface area contributed by atoms with Crippen molar-refractivity contribution in [3.05, 3.63) is 51.7 Å². The molecule has 166 valence electrons.